The highest BCUT2D eigenvalue weighted by Crippen LogP contribution is 2.34. The van der Waals surface area contributed by atoms with Crippen LogP contribution in [0.4, 0.5) is 5.69 Å². The van der Waals surface area contributed by atoms with Crippen molar-refractivity contribution in [1.82, 2.24) is 9.55 Å². The van der Waals surface area contributed by atoms with Crippen LogP contribution in [0.3, 0.4) is 0 Å². The fourth-order valence-electron chi connectivity index (χ4n) is 4.83. The number of sulfonamides is 1. The first-order valence-corrected chi connectivity index (χ1v) is 14.7. The van der Waals surface area contributed by atoms with Gasteiger partial charge in [0.2, 0.25) is 15.9 Å². The van der Waals surface area contributed by atoms with Crippen LogP contribution in [0.1, 0.15) is 25.0 Å². The van der Waals surface area contributed by atoms with E-state index in [0.29, 0.717) is 29.0 Å². The molecule has 1 aliphatic rings. The highest BCUT2D eigenvalue weighted by atomic mass is 32.2. The quantitative estimate of drug-likeness (QED) is 0.278. The van der Waals surface area contributed by atoms with Gasteiger partial charge in [0.15, 0.2) is 5.16 Å². The van der Waals surface area contributed by atoms with Gasteiger partial charge in [0.25, 0.3) is 5.56 Å². The first kappa shape index (κ1) is 26.1. The third-order valence-corrected chi connectivity index (χ3v) is 8.78. The van der Waals surface area contributed by atoms with Crippen LogP contribution in [0, 0.1) is 0 Å². The van der Waals surface area contributed by atoms with Crippen LogP contribution in [0.2, 0.25) is 0 Å². The number of nitrogens with zero attached hydrogens (tertiary/aromatic N) is 3. The maximum Gasteiger partial charge on any atom is 0.262 e. The first-order valence-electron chi connectivity index (χ1n) is 12.3. The van der Waals surface area contributed by atoms with Crippen molar-refractivity contribution < 1.29 is 13.2 Å². The van der Waals surface area contributed by atoms with E-state index in [1.165, 1.54) is 23.9 Å². The Hall–Kier alpha value is -3.47. The Morgan fingerprint density at radius 3 is 2.50 bits per heavy atom. The highest BCUT2D eigenvalue weighted by molar-refractivity contribution is 8.00. The minimum atomic E-state index is -3.78. The molecule has 0 fully saturated rings. The van der Waals surface area contributed by atoms with Crippen molar-refractivity contribution in [2.75, 3.05) is 4.90 Å². The van der Waals surface area contributed by atoms with Gasteiger partial charge in [-0.1, -0.05) is 54.2 Å². The predicted molar refractivity (Wildman–Crippen MR) is 150 cm³/mol. The van der Waals surface area contributed by atoms with Crippen molar-refractivity contribution in [3.8, 4) is 0 Å². The fraction of sp³-hybridized carbons (Fsp3) is 0.250. The molecule has 2 N–H and O–H groups in total. The van der Waals surface area contributed by atoms with Crippen LogP contribution >= 0.6 is 11.8 Å². The Bertz CT molecular complexity index is 1680. The summed E-state index contributed by atoms with van der Waals surface area (Å²) in [7, 11) is -3.78. The fourth-order valence-corrected chi connectivity index (χ4v) is 6.33. The zero-order valence-electron chi connectivity index (χ0n) is 21.1. The Balaban J connectivity index is 1.44. The molecule has 0 radical (unpaired) electrons. The van der Waals surface area contributed by atoms with Gasteiger partial charge < -0.3 is 4.90 Å². The largest absolute Gasteiger partial charge is 0.308 e. The van der Waals surface area contributed by atoms with Crippen LogP contribution < -0.4 is 15.6 Å². The van der Waals surface area contributed by atoms with Gasteiger partial charge in [-0.2, -0.15) is 0 Å². The van der Waals surface area contributed by atoms with Gasteiger partial charge in [0.05, 0.1) is 21.0 Å². The molecule has 10 heteroatoms. The van der Waals surface area contributed by atoms with Crippen LogP contribution in [-0.2, 0) is 34.2 Å². The van der Waals surface area contributed by atoms with Crippen molar-refractivity contribution in [2.45, 2.75) is 54.6 Å². The van der Waals surface area contributed by atoms with Gasteiger partial charge >= 0.3 is 0 Å². The summed E-state index contributed by atoms with van der Waals surface area (Å²) in [4.78, 5) is 33.8. The molecule has 8 nitrogen and oxygen atoms in total. The van der Waals surface area contributed by atoms with E-state index in [9.17, 15) is 18.0 Å². The molecular weight excluding hydrogens is 520 g/mol. The van der Waals surface area contributed by atoms with Crippen LogP contribution in [0.15, 0.2) is 87.6 Å². The first-order chi connectivity index (χ1) is 18.1. The maximum absolute atomic E-state index is 13.6. The number of anilines is 1. The Morgan fingerprint density at radius 2 is 1.76 bits per heavy atom. The van der Waals surface area contributed by atoms with Crippen LogP contribution in [0.25, 0.3) is 10.9 Å². The number of primary sulfonamides is 1. The SMILES string of the molecule is C[C@H](Sc1nc2ccccc2c(=O)n1CCc1ccc(S(N)(=O)=O)cc1)C(=O)N1c2ccccc2C[C@H]1C. The molecule has 1 amide bonds. The molecule has 2 atom stereocenters. The van der Waals surface area contributed by atoms with Crippen molar-refractivity contribution in [2.24, 2.45) is 5.14 Å². The number of amides is 1. The zero-order chi connectivity index (χ0) is 27.0. The number of hydrogen-bond donors (Lipinski definition) is 1. The molecule has 1 aliphatic heterocycles. The zero-order valence-corrected chi connectivity index (χ0v) is 22.7. The number of carbonyl (C=O) groups excluding carboxylic acids is 1. The molecule has 0 unspecified atom stereocenters. The van der Waals surface area contributed by atoms with Crippen molar-refractivity contribution in [1.29, 1.82) is 0 Å². The van der Waals surface area contributed by atoms with E-state index >= 15 is 0 Å². The second-order valence-corrected chi connectivity index (χ2v) is 12.3. The second kappa shape index (κ2) is 10.4. The monoisotopic (exact) mass is 548 g/mol. The average molecular weight is 549 g/mol. The lowest BCUT2D eigenvalue weighted by Crippen LogP contribution is -2.40. The van der Waals surface area contributed by atoms with E-state index in [4.69, 9.17) is 10.1 Å². The van der Waals surface area contributed by atoms with Gasteiger partial charge in [0.1, 0.15) is 0 Å². The maximum atomic E-state index is 13.6. The number of para-hydroxylation sites is 2. The molecule has 196 valence electrons. The number of aryl methyl sites for hydroxylation is 1. The van der Waals surface area contributed by atoms with E-state index < -0.39 is 15.3 Å². The van der Waals surface area contributed by atoms with Gasteiger partial charge in [-0.15, -0.1) is 0 Å². The molecule has 0 aliphatic carbocycles. The molecule has 0 saturated carbocycles. The number of fused-ring (bicyclic) bond motifs is 2. The topological polar surface area (TPSA) is 115 Å². The van der Waals surface area contributed by atoms with Crippen molar-refractivity contribution >= 4 is 44.3 Å². The lowest BCUT2D eigenvalue weighted by atomic mass is 10.1. The molecule has 1 aromatic heterocycles. The summed E-state index contributed by atoms with van der Waals surface area (Å²) in [5.41, 5.74) is 3.33. The number of thioether (sulfide) groups is 1. The smallest absolute Gasteiger partial charge is 0.262 e. The van der Waals surface area contributed by atoms with E-state index in [1.54, 1.807) is 34.9 Å². The van der Waals surface area contributed by atoms with Gasteiger partial charge in [0, 0.05) is 18.3 Å². The molecule has 0 bridgehead atoms. The summed E-state index contributed by atoms with van der Waals surface area (Å²) in [6, 6.07) is 21.4. The third kappa shape index (κ3) is 5.11. The minimum Gasteiger partial charge on any atom is -0.308 e. The summed E-state index contributed by atoms with van der Waals surface area (Å²) in [5.74, 6) is -0.0278. The molecular formula is C28H28N4O4S2. The highest BCUT2D eigenvalue weighted by Gasteiger charge is 2.34. The number of rotatable bonds is 7. The molecule has 2 heterocycles. The standard InChI is InChI=1S/C28H28N4O4S2/c1-18-17-21-7-3-6-10-25(21)32(18)26(33)19(2)37-28-30-24-9-5-4-8-23(24)27(34)31(28)16-15-20-11-13-22(14-12-20)38(29,35)36/h3-14,18-19H,15-17H2,1-2H3,(H2,29,35,36)/t18-,19+/m1/s1. The summed E-state index contributed by atoms with van der Waals surface area (Å²) < 4.78 is 24.7. The summed E-state index contributed by atoms with van der Waals surface area (Å²) in [5, 5.41) is 5.70. The molecule has 4 aromatic rings. The van der Waals surface area contributed by atoms with Gasteiger partial charge in [-0.3, -0.25) is 14.2 Å². The molecule has 5 rings (SSSR count). The molecule has 3 aromatic carbocycles. The van der Waals surface area contributed by atoms with E-state index in [-0.39, 0.29) is 22.4 Å². The number of benzene rings is 3. The summed E-state index contributed by atoms with van der Waals surface area (Å²) in [6.45, 7) is 4.20. The van der Waals surface area contributed by atoms with E-state index in [1.807, 2.05) is 43.0 Å². The third-order valence-electron chi connectivity index (χ3n) is 6.78. The minimum absolute atomic E-state index is 0.0278. The number of hydrogen-bond acceptors (Lipinski definition) is 6. The molecule has 0 spiro atoms. The van der Waals surface area contributed by atoms with Crippen molar-refractivity contribution in [3.63, 3.8) is 0 Å². The number of nitrogens with two attached hydrogens (primary N) is 1. The molecule has 38 heavy (non-hydrogen) atoms. The number of carbonyl (C=O) groups is 1. The lowest BCUT2D eigenvalue weighted by molar-refractivity contribution is -0.118. The van der Waals surface area contributed by atoms with Crippen molar-refractivity contribution in [3.05, 3.63) is 94.3 Å². The molecule has 0 saturated heterocycles. The summed E-state index contributed by atoms with van der Waals surface area (Å²) in [6.07, 6.45) is 1.28. The number of aromatic nitrogens is 2. The summed E-state index contributed by atoms with van der Waals surface area (Å²) >= 11 is 1.28. The lowest BCUT2D eigenvalue weighted by Gasteiger charge is -2.26. The van der Waals surface area contributed by atoms with Crippen LogP contribution in [-0.4, -0.2) is 35.2 Å². The second-order valence-electron chi connectivity index (χ2n) is 9.46. The predicted octanol–water partition coefficient (Wildman–Crippen LogP) is 3.75. The Labute approximate surface area is 225 Å². The van der Waals surface area contributed by atoms with E-state index in [0.717, 1.165) is 23.2 Å². The van der Waals surface area contributed by atoms with Crippen LogP contribution in [0.5, 0.6) is 0 Å². The Morgan fingerprint density at radius 1 is 1.08 bits per heavy atom. The van der Waals surface area contributed by atoms with Gasteiger partial charge in [-0.05, 0) is 68.1 Å². The Kier molecular flexibility index (Phi) is 7.13. The normalized spacial score (nSPS) is 16.0. The average Bonchev–Trinajstić information content (AvgIpc) is 3.23. The van der Waals surface area contributed by atoms with E-state index in [2.05, 4.69) is 6.07 Å². The van der Waals surface area contributed by atoms with Gasteiger partial charge in [-0.25, -0.2) is 18.5 Å².